The van der Waals surface area contributed by atoms with Gasteiger partial charge in [0.25, 0.3) is 5.91 Å². The van der Waals surface area contributed by atoms with Crippen molar-refractivity contribution in [3.8, 4) is 11.4 Å². The summed E-state index contributed by atoms with van der Waals surface area (Å²) in [5.74, 6) is -0.0432. The molecule has 0 aliphatic heterocycles. The number of carbonyl (C=O) groups excluding carboxylic acids is 1. The van der Waals surface area contributed by atoms with Crippen molar-refractivity contribution in [2.24, 2.45) is 0 Å². The summed E-state index contributed by atoms with van der Waals surface area (Å²) in [6, 6.07) is 20.0. The fourth-order valence-corrected chi connectivity index (χ4v) is 2.79. The zero-order valence-electron chi connectivity index (χ0n) is 15.6. The first kappa shape index (κ1) is 19.2. The van der Waals surface area contributed by atoms with Crippen molar-refractivity contribution in [2.75, 3.05) is 10.6 Å². The van der Waals surface area contributed by atoms with E-state index in [0.717, 1.165) is 0 Å². The maximum absolute atomic E-state index is 13.1. The molecule has 0 fully saturated rings. The number of hydrogen-bond donors (Lipinski definition) is 2. The van der Waals surface area contributed by atoms with E-state index < -0.39 is 0 Å². The van der Waals surface area contributed by atoms with Gasteiger partial charge in [-0.1, -0.05) is 6.07 Å². The van der Waals surface area contributed by atoms with Crippen molar-refractivity contribution in [2.45, 2.75) is 0 Å². The molecule has 4 aromatic rings. The molecule has 0 bridgehead atoms. The fourth-order valence-electron chi connectivity index (χ4n) is 2.79. The number of amides is 1. The topological polar surface area (TPSA) is 66.9 Å². The lowest BCUT2D eigenvalue weighted by molar-refractivity contribution is 0.102. The largest absolute Gasteiger partial charge is 0.340 e. The van der Waals surface area contributed by atoms with Crippen molar-refractivity contribution in [3.63, 3.8) is 0 Å². The molecule has 30 heavy (non-hydrogen) atoms. The third kappa shape index (κ3) is 4.64. The van der Waals surface area contributed by atoms with Crippen LogP contribution in [-0.4, -0.2) is 15.9 Å². The van der Waals surface area contributed by atoms with E-state index in [1.807, 2.05) is 0 Å². The summed E-state index contributed by atoms with van der Waals surface area (Å²) in [6.45, 7) is 0. The Morgan fingerprint density at radius 2 is 1.50 bits per heavy atom. The van der Waals surface area contributed by atoms with Gasteiger partial charge in [0.05, 0.1) is 0 Å². The highest BCUT2D eigenvalue weighted by Crippen LogP contribution is 2.20. The number of anilines is 3. The Morgan fingerprint density at radius 1 is 0.800 bits per heavy atom. The molecule has 0 unspecified atom stereocenters. The highest BCUT2D eigenvalue weighted by molar-refractivity contribution is 6.04. The van der Waals surface area contributed by atoms with Crippen LogP contribution in [-0.2, 0) is 0 Å². The maximum Gasteiger partial charge on any atom is 0.255 e. The summed E-state index contributed by atoms with van der Waals surface area (Å²) < 4.78 is 26.1. The second-order valence-electron chi connectivity index (χ2n) is 6.44. The lowest BCUT2D eigenvalue weighted by Crippen LogP contribution is -2.12. The second kappa shape index (κ2) is 8.48. The summed E-state index contributed by atoms with van der Waals surface area (Å²) >= 11 is 0. The fraction of sp³-hybridized carbons (Fsp3) is 0. The molecule has 1 aromatic heterocycles. The normalized spacial score (nSPS) is 10.5. The molecule has 1 heterocycles. The third-order valence-electron chi connectivity index (χ3n) is 4.26. The molecule has 0 saturated heterocycles. The number of carbonyl (C=O) groups is 1. The maximum atomic E-state index is 13.1. The molecule has 0 saturated carbocycles. The van der Waals surface area contributed by atoms with E-state index in [1.54, 1.807) is 48.7 Å². The van der Waals surface area contributed by atoms with Crippen LogP contribution in [0.2, 0.25) is 0 Å². The van der Waals surface area contributed by atoms with E-state index in [0.29, 0.717) is 34.1 Å². The number of rotatable bonds is 5. The molecule has 3 aromatic carbocycles. The van der Waals surface area contributed by atoms with E-state index in [4.69, 9.17) is 0 Å². The van der Waals surface area contributed by atoms with Gasteiger partial charge in [-0.05, 0) is 72.8 Å². The predicted octanol–water partition coefficient (Wildman–Crippen LogP) is 5.42. The highest BCUT2D eigenvalue weighted by atomic mass is 19.1. The lowest BCUT2D eigenvalue weighted by atomic mass is 10.1. The SMILES string of the molecule is O=C(Nc1ccc(F)cc1)c1cccc(Nc2ccnc(-c3ccc(F)cc3)n2)c1. The van der Waals surface area contributed by atoms with Crippen molar-refractivity contribution in [1.82, 2.24) is 9.97 Å². The van der Waals surface area contributed by atoms with Crippen molar-refractivity contribution in [1.29, 1.82) is 0 Å². The van der Waals surface area contributed by atoms with Crippen LogP contribution < -0.4 is 10.6 Å². The molecule has 0 spiro atoms. The molecule has 0 aliphatic carbocycles. The first-order valence-corrected chi connectivity index (χ1v) is 9.10. The summed E-state index contributed by atoms with van der Waals surface area (Å²) in [5.41, 5.74) is 2.27. The van der Waals surface area contributed by atoms with Gasteiger partial charge < -0.3 is 10.6 Å². The van der Waals surface area contributed by atoms with Crippen LogP contribution in [0.1, 0.15) is 10.4 Å². The van der Waals surface area contributed by atoms with Gasteiger partial charge >= 0.3 is 0 Å². The van der Waals surface area contributed by atoms with Gasteiger partial charge in [0, 0.05) is 28.7 Å². The molecule has 0 aliphatic rings. The smallest absolute Gasteiger partial charge is 0.255 e. The Balaban J connectivity index is 1.50. The quantitative estimate of drug-likeness (QED) is 0.468. The number of nitrogens with zero attached hydrogens (tertiary/aromatic N) is 2. The number of benzene rings is 3. The van der Waals surface area contributed by atoms with Crippen LogP contribution in [0.15, 0.2) is 85.1 Å². The minimum Gasteiger partial charge on any atom is -0.340 e. The Bertz CT molecular complexity index is 1180. The van der Waals surface area contributed by atoms with Crippen LogP contribution in [0.3, 0.4) is 0 Å². The molecule has 0 atom stereocenters. The van der Waals surface area contributed by atoms with Gasteiger partial charge in [-0.2, -0.15) is 0 Å². The third-order valence-corrected chi connectivity index (χ3v) is 4.26. The van der Waals surface area contributed by atoms with Gasteiger partial charge in [-0.3, -0.25) is 4.79 Å². The average molecular weight is 402 g/mol. The molecule has 148 valence electrons. The second-order valence-corrected chi connectivity index (χ2v) is 6.44. The molecule has 4 rings (SSSR count). The van der Waals surface area contributed by atoms with Crippen LogP contribution in [0, 0.1) is 11.6 Å². The van der Waals surface area contributed by atoms with Crippen LogP contribution in [0.25, 0.3) is 11.4 Å². The van der Waals surface area contributed by atoms with E-state index in [-0.39, 0.29) is 17.5 Å². The molecule has 5 nitrogen and oxygen atoms in total. The van der Waals surface area contributed by atoms with Crippen molar-refractivity contribution >= 4 is 23.1 Å². The minimum absolute atomic E-state index is 0.319. The van der Waals surface area contributed by atoms with Gasteiger partial charge in [-0.25, -0.2) is 18.7 Å². The number of halogens is 2. The molecule has 2 N–H and O–H groups in total. The van der Waals surface area contributed by atoms with Gasteiger partial charge in [0.1, 0.15) is 17.5 Å². The monoisotopic (exact) mass is 402 g/mol. The highest BCUT2D eigenvalue weighted by Gasteiger charge is 2.08. The van der Waals surface area contributed by atoms with Gasteiger partial charge in [0.15, 0.2) is 5.82 Å². The zero-order chi connectivity index (χ0) is 20.9. The van der Waals surface area contributed by atoms with Crippen molar-refractivity contribution < 1.29 is 13.6 Å². The van der Waals surface area contributed by atoms with E-state index in [2.05, 4.69) is 20.6 Å². The van der Waals surface area contributed by atoms with Crippen LogP contribution in [0.4, 0.5) is 26.0 Å². The molecular formula is C23H16F2N4O. The average Bonchev–Trinajstić information content (AvgIpc) is 2.76. The number of nitrogens with one attached hydrogen (secondary N) is 2. The number of hydrogen-bond acceptors (Lipinski definition) is 4. The van der Waals surface area contributed by atoms with Crippen molar-refractivity contribution in [3.05, 3.63) is 102 Å². The standard InChI is InChI=1S/C23H16F2N4O/c24-17-6-4-15(5-7-17)22-26-13-12-21(29-22)27-20-3-1-2-16(14-20)23(30)28-19-10-8-18(25)9-11-19/h1-14H,(H,28,30)(H,26,27,29). The van der Waals surface area contributed by atoms with E-state index in [1.165, 1.54) is 36.4 Å². The van der Waals surface area contributed by atoms with E-state index >= 15 is 0 Å². The summed E-state index contributed by atoms with van der Waals surface area (Å²) in [7, 11) is 0. The Labute approximate surface area is 171 Å². The Morgan fingerprint density at radius 3 is 2.23 bits per heavy atom. The zero-order valence-corrected chi connectivity index (χ0v) is 15.6. The predicted molar refractivity (Wildman–Crippen MR) is 112 cm³/mol. The molecule has 7 heteroatoms. The lowest BCUT2D eigenvalue weighted by Gasteiger charge is -2.09. The summed E-state index contributed by atoms with van der Waals surface area (Å²) in [4.78, 5) is 21.1. The van der Waals surface area contributed by atoms with Crippen LogP contribution >= 0.6 is 0 Å². The first-order valence-electron chi connectivity index (χ1n) is 9.10. The van der Waals surface area contributed by atoms with E-state index in [9.17, 15) is 13.6 Å². The Kier molecular flexibility index (Phi) is 5.43. The molecule has 0 radical (unpaired) electrons. The van der Waals surface area contributed by atoms with Gasteiger partial charge in [-0.15, -0.1) is 0 Å². The van der Waals surface area contributed by atoms with Gasteiger partial charge in [0.2, 0.25) is 0 Å². The first-order chi connectivity index (χ1) is 14.6. The number of aromatic nitrogens is 2. The summed E-state index contributed by atoms with van der Waals surface area (Å²) in [6.07, 6.45) is 1.60. The Hall–Kier alpha value is -4.13. The molecule has 1 amide bonds. The molecular weight excluding hydrogens is 386 g/mol. The minimum atomic E-state index is -0.371. The summed E-state index contributed by atoms with van der Waals surface area (Å²) in [5, 5.41) is 5.86. The van der Waals surface area contributed by atoms with Crippen LogP contribution in [0.5, 0.6) is 0 Å².